The zero-order valence-corrected chi connectivity index (χ0v) is 15.3. The minimum atomic E-state index is 0.803. The van der Waals surface area contributed by atoms with Gasteiger partial charge in [0, 0.05) is 75.1 Å². The van der Waals surface area contributed by atoms with E-state index in [2.05, 4.69) is 20.4 Å². The first-order valence-electron chi connectivity index (χ1n) is 9.32. The summed E-state index contributed by atoms with van der Waals surface area (Å²) in [6.07, 6.45) is 0. The summed E-state index contributed by atoms with van der Waals surface area (Å²) < 4.78 is 0. The van der Waals surface area contributed by atoms with Crippen molar-refractivity contribution in [2.45, 2.75) is 0 Å². The zero-order valence-electron chi connectivity index (χ0n) is 15.3. The molecule has 26 heavy (non-hydrogen) atoms. The van der Waals surface area contributed by atoms with Gasteiger partial charge in [0.15, 0.2) is 0 Å². The Morgan fingerprint density at radius 2 is 0.962 bits per heavy atom. The molecular formula is C20H30N6. The lowest BCUT2D eigenvalue weighted by atomic mass is 10.2. The molecule has 0 atom stereocenters. The van der Waals surface area contributed by atoms with Gasteiger partial charge in [-0.2, -0.15) is 0 Å². The summed E-state index contributed by atoms with van der Waals surface area (Å²) in [6.45, 7) is 8.59. The van der Waals surface area contributed by atoms with E-state index in [1.807, 2.05) is 48.5 Å². The van der Waals surface area contributed by atoms with Crippen molar-refractivity contribution in [1.82, 2.24) is 9.80 Å². The van der Waals surface area contributed by atoms with Crippen molar-refractivity contribution in [1.29, 1.82) is 0 Å². The topological polar surface area (TPSA) is 82.6 Å². The largest absolute Gasteiger partial charge is 0.399 e. The molecule has 0 spiro atoms. The van der Waals surface area contributed by atoms with E-state index in [9.17, 15) is 0 Å². The predicted octanol–water partition coefficient (Wildman–Crippen LogP) is 1.99. The van der Waals surface area contributed by atoms with Gasteiger partial charge in [-0.1, -0.05) is 0 Å². The van der Waals surface area contributed by atoms with E-state index in [1.165, 1.54) is 0 Å². The standard InChI is InChI=1S/C20H30N6/c21-17-1-5-19(6-2-17)23-9-11-25-13-15-26(16-14-25)12-10-24-20-7-3-18(22)4-8-20/h1-8,23-24H,9-16,21-22H2. The maximum Gasteiger partial charge on any atom is 0.0342 e. The van der Waals surface area contributed by atoms with Gasteiger partial charge < -0.3 is 22.1 Å². The Bertz CT molecular complexity index is 588. The van der Waals surface area contributed by atoms with E-state index in [4.69, 9.17) is 11.5 Å². The van der Waals surface area contributed by atoms with Crippen molar-refractivity contribution < 1.29 is 0 Å². The molecule has 0 amide bonds. The molecule has 1 fully saturated rings. The molecule has 1 heterocycles. The highest BCUT2D eigenvalue weighted by Gasteiger charge is 2.15. The SMILES string of the molecule is Nc1ccc(NCCN2CCN(CCNc3ccc(N)cc3)CC2)cc1. The summed E-state index contributed by atoms with van der Waals surface area (Å²) in [5, 5.41) is 6.91. The van der Waals surface area contributed by atoms with Gasteiger partial charge in [0.1, 0.15) is 0 Å². The van der Waals surface area contributed by atoms with E-state index < -0.39 is 0 Å². The summed E-state index contributed by atoms with van der Waals surface area (Å²) in [4.78, 5) is 5.04. The summed E-state index contributed by atoms with van der Waals surface area (Å²) in [7, 11) is 0. The quantitative estimate of drug-likeness (QED) is 0.543. The number of nitrogens with zero attached hydrogens (tertiary/aromatic N) is 2. The zero-order chi connectivity index (χ0) is 18.2. The number of hydrogen-bond donors (Lipinski definition) is 4. The Morgan fingerprint density at radius 3 is 1.31 bits per heavy atom. The van der Waals surface area contributed by atoms with Gasteiger partial charge in [-0.25, -0.2) is 0 Å². The van der Waals surface area contributed by atoms with Crippen molar-refractivity contribution in [3.63, 3.8) is 0 Å². The number of nitrogens with two attached hydrogens (primary N) is 2. The van der Waals surface area contributed by atoms with Crippen LogP contribution in [0.15, 0.2) is 48.5 Å². The smallest absolute Gasteiger partial charge is 0.0342 e. The van der Waals surface area contributed by atoms with Crippen molar-refractivity contribution in [3.8, 4) is 0 Å². The van der Waals surface area contributed by atoms with Crippen LogP contribution >= 0.6 is 0 Å². The van der Waals surface area contributed by atoms with Crippen molar-refractivity contribution in [2.75, 3.05) is 74.5 Å². The van der Waals surface area contributed by atoms with E-state index in [0.29, 0.717) is 0 Å². The van der Waals surface area contributed by atoms with Gasteiger partial charge >= 0.3 is 0 Å². The van der Waals surface area contributed by atoms with Crippen LogP contribution in [-0.2, 0) is 0 Å². The molecule has 3 rings (SSSR count). The fraction of sp³-hybridized carbons (Fsp3) is 0.400. The monoisotopic (exact) mass is 354 g/mol. The minimum absolute atomic E-state index is 0.803. The van der Waals surface area contributed by atoms with Crippen LogP contribution in [0.5, 0.6) is 0 Å². The lowest BCUT2D eigenvalue weighted by Crippen LogP contribution is -2.48. The summed E-state index contributed by atoms with van der Waals surface area (Å²) in [5.41, 5.74) is 15.3. The van der Waals surface area contributed by atoms with Gasteiger partial charge in [0.2, 0.25) is 0 Å². The number of piperazine rings is 1. The van der Waals surface area contributed by atoms with Crippen LogP contribution in [0.25, 0.3) is 0 Å². The summed E-state index contributed by atoms with van der Waals surface area (Å²) in [5.74, 6) is 0. The molecule has 0 unspecified atom stereocenters. The van der Waals surface area contributed by atoms with Crippen molar-refractivity contribution in [2.24, 2.45) is 0 Å². The second kappa shape index (κ2) is 9.31. The highest BCUT2D eigenvalue weighted by molar-refractivity contribution is 5.51. The van der Waals surface area contributed by atoms with Gasteiger partial charge in [-0.15, -0.1) is 0 Å². The van der Waals surface area contributed by atoms with Crippen LogP contribution in [0.4, 0.5) is 22.7 Å². The Labute approximate surface area is 156 Å². The fourth-order valence-corrected chi connectivity index (χ4v) is 3.16. The first-order chi connectivity index (χ1) is 12.7. The van der Waals surface area contributed by atoms with Gasteiger partial charge in [0.25, 0.3) is 0 Å². The van der Waals surface area contributed by atoms with Gasteiger partial charge in [0.05, 0.1) is 0 Å². The fourth-order valence-electron chi connectivity index (χ4n) is 3.16. The minimum Gasteiger partial charge on any atom is -0.399 e. The maximum absolute atomic E-state index is 5.71. The third-order valence-electron chi connectivity index (χ3n) is 4.80. The molecule has 2 aromatic carbocycles. The lowest BCUT2D eigenvalue weighted by molar-refractivity contribution is 0.140. The van der Waals surface area contributed by atoms with E-state index >= 15 is 0 Å². The molecule has 1 saturated heterocycles. The maximum atomic E-state index is 5.71. The Hall–Kier alpha value is -2.44. The van der Waals surface area contributed by atoms with Crippen LogP contribution in [0, 0.1) is 0 Å². The summed E-state index contributed by atoms with van der Waals surface area (Å²) >= 11 is 0. The van der Waals surface area contributed by atoms with E-state index in [0.717, 1.165) is 75.1 Å². The second-order valence-corrected chi connectivity index (χ2v) is 6.78. The number of rotatable bonds is 8. The average Bonchev–Trinajstić information content (AvgIpc) is 2.66. The summed E-state index contributed by atoms with van der Waals surface area (Å²) in [6, 6.07) is 15.8. The number of hydrogen-bond acceptors (Lipinski definition) is 6. The highest BCUT2D eigenvalue weighted by Crippen LogP contribution is 2.11. The third kappa shape index (κ3) is 5.82. The Morgan fingerprint density at radius 1 is 0.615 bits per heavy atom. The number of anilines is 4. The van der Waals surface area contributed by atoms with Crippen LogP contribution in [0.1, 0.15) is 0 Å². The molecule has 0 radical (unpaired) electrons. The Kier molecular flexibility index (Phi) is 6.57. The van der Waals surface area contributed by atoms with Gasteiger partial charge in [-0.05, 0) is 48.5 Å². The second-order valence-electron chi connectivity index (χ2n) is 6.78. The normalized spacial score (nSPS) is 15.7. The molecule has 140 valence electrons. The number of nitrogens with one attached hydrogen (secondary N) is 2. The van der Waals surface area contributed by atoms with Gasteiger partial charge in [-0.3, -0.25) is 9.80 Å². The first-order valence-corrected chi connectivity index (χ1v) is 9.32. The van der Waals surface area contributed by atoms with Crippen LogP contribution in [-0.4, -0.2) is 62.2 Å². The average molecular weight is 355 g/mol. The molecule has 2 aromatic rings. The van der Waals surface area contributed by atoms with E-state index in [1.54, 1.807) is 0 Å². The highest BCUT2D eigenvalue weighted by atomic mass is 15.3. The molecule has 1 aliphatic rings. The molecule has 0 bridgehead atoms. The molecule has 6 heteroatoms. The van der Waals surface area contributed by atoms with E-state index in [-0.39, 0.29) is 0 Å². The number of nitrogen functional groups attached to an aromatic ring is 2. The molecule has 6 nitrogen and oxygen atoms in total. The van der Waals surface area contributed by atoms with Crippen LogP contribution < -0.4 is 22.1 Å². The third-order valence-corrected chi connectivity index (χ3v) is 4.80. The predicted molar refractivity (Wildman–Crippen MR) is 112 cm³/mol. The lowest BCUT2D eigenvalue weighted by Gasteiger charge is -2.34. The van der Waals surface area contributed by atoms with Crippen molar-refractivity contribution in [3.05, 3.63) is 48.5 Å². The molecule has 1 aliphatic heterocycles. The molecule has 0 saturated carbocycles. The van der Waals surface area contributed by atoms with Crippen LogP contribution in [0.3, 0.4) is 0 Å². The van der Waals surface area contributed by atoms with Crippen LogP contribution in [0.2, 0.25) is 0 Å². The number of benzene rings is 2. The molecule has 0 aliphatic carbocycles. The first kappa shape index (κ1) is 18.4. The molecule has 0 aromatic heterocycles. The molecule has 6 N–H and O–H groups in total. The van der Waals surface area contributed by atoms with Crippen molar-refractivity contribution >= 4 is 22.7 Å². The Balaban J connectivity index is 1.27. The molecular weight excluding hydrogens is 324 g/mol.